The number of pyridine rings is 2. The number of rotatable bonds is 4. The van der Waals surface area contributed by atoms with Gasteiger partial charge in [-0.3, -0.25) is 4.90 Å². The number of carboxylic acids is 1. The van der Waals surface area contributed by atoms with Crippen molar-refractivity contribution in [3.63, 3.8) is 0 Å². The third-order valence-electron chi connectivity index (χ3n) is 3.13. The lowest BCUT2D eigenvalue weighted by Crippen LogP contribution is -2.12. The first-order valence-electron chi connectivity index (χ1n) is 6.71. The first-order chi connectivity index (χ1) is 10.8. The Labute approximate surface area is 127 Å². The van der Waals surface area contributed by atoms with Crippen LogP contribution < -0.4 is 4.90 Å². The minimum absolute atomic E-state index is 0.241. The minimum atomic E-state index is -0.950. The fraction of sp³-hybridized carbons (Fsp3) is 0. The van der Waals surface area contributed by atoms with Crippen LogP contribution in [0.15, 0.2) is 73.1 Å². The predicted octanol–water partition coefficient (Wildman–Crippen LogP) is 3.64. The zero-order valence-corrected chi connectivity index (χ0v) is 11.6. The maximum Gasteiger partial charge on any atom is 0.335 e. The number of hydrogen-bond donors (Lipinski definition) is 1. The molecule has 2 heterocycles. The fourth-order valence-corrected chi connectivity index (χ4v) is 2.11. The van der Waals surface area contributed by atoms with E-state index >= 15 is 0 Å². The van der Waals surface area contributed by atoms with Crippen molar-refractivity contribution in [2.24, 2.45) is 0 Å². The van der Waals surface area contributed by atoms with Gasteiger partial charge in [-0.1, -0.05) is 12.1 Å². The zero-order chi connectivity index (χ0) is 15.4. The van der Waals surface area contributed by atoms with Crippen molar-refractivity contribution in [1.82, 2.24) is 9.97 Å². The molecule has 22 heavy (non-hydrogen) atoms. The van der Waals surface area contributed by atoms with E-state index in [-0.39, 0.29) is 5.56 Å². The number of carbonyl (C=O) groups is 1. The summed E-state index contributed by atoms with van der Waals surface area (Å²) in [5, 5.41) is 9.01. The van der Waals surface area contributed by atoms with E-state index in [4.69, 9.17) is 5.11 Å². The summed E-state index contributed by atoms with van der Waals surface area (Å²) in [6, 6.07) is 17.8. The highest BCUT2D eigenvalue weighted by atomic mass is 16.4. The van der Waals surface area contributed by atoms with Crippen molar-refractivity contribution in [3.05, 3.63) is 78.6 Å². The van der Waals surface area contributed by atoms with E-state index in [0.717, 1.165) is 5.69 Å². The van der Waals surface area contributed by atoms with Gasteiger partial charge in [-0.05, 0) is 48.5 Å². The van der Waals surface area contributed by atoms with Gasteiger partial charge in [-0.15, -0.1) is 0 Å². The van der Waals surface area contributed by atoms with Crippen molar-refractivity contribution >= 4 is 23.3 Å². The molecule has 2 aromatic heterocycles. The van der Waals surface area contributed by atoms with Gasteiger partial charge in [-0.25, -0.2) is 14.8 Å². The minimum Gasteiger partial charge on any atom is -0.478 e. The first-order valence-corrected chi connectivity index (χ1v) is 6.71. The van der Waals surface area contributed by atoms with Crippen LogP contribution in [0.25, 0.3) is 0 Å². The molecule has 0 aliphatic rings. The van der Waals surface area contributed by atoms with Crippen molar-refractivity contribution in [3.8, 4) is 0 Å². The van der Waals surface area contributed by atoms with Crippen LogP contribution in [0.3, 0.4) is 0 Å². The van der Waals surface area contributed by atoms with Crippen LogP contribution in [0.4, 0.5) is 17.3 Å². The summed E-state index contributed by atoms with van der Waals surface area (Å²) in [7, 11) is 0. The highest BCUT2D eigenvalue weighted by Gasteiger charge is 2.14. The number of carboxylic acid groups (broad SMARTS) is 1. The van der Waals surface area contributed by atoms with E-state index in [9.17, 15) is 4.79 Å². The summed E-state index contributed by atoms with van der Waals surface area (Å²) in [6.07, 6.45) is 3.41. The molecule has 0 fully saturated rings. The summed E-state index contributed by atoms with van der Waals surface area (Å²) >= 11 is 0. The van der Waals surface area contributed by atoms with Crippen LogP contribution >= 0.6 is 0 Å². The fourth-order valence-electron chi connectivity index (χ4n) is 2.11. The maximum atomic E-state index is 11.0. The number of aromatic carboxylic acids is 1. The third kappa shape index (κ3) is 2.78. The van der Waals surface area contributed by atoms with Crippen molar-refractivity contribution < 1.29 is 9.90 Å². The van der Waals surface area contributed by atoms with Crippen molar-refractivity contribution in [2.45, 2.75) is 0 Å². The number of anilines is 3. The van der Waals surface area contributed by atoms with Gasteiger partial charge in [0.25, 0.3) is 0 Å². The largest absolute Gasteiger partial charge is 0.478 e. The Balaban J connectivity index is 2.08. The lowest BCUT2D eigenvalue weighted by molar-refractivity contribution is 0.0697. The molecule has 0 saturated heterocycles. The highest BCUT2D eigenvalue weighted by molar-refractivity contribution is 5.88. The van der Waals surface area contributed by atoms with E-state index < -0.39 is 5.97 Å². The summed E-state index contributed by atoms with van der Waals surface area (Å²) in [5.41, 5.74) is 1.04. The van der Waals surface area contributed by atoms with E-state index in [0.29, 0.717) is 11.6 Å². The monoisotopic (exact) mass is 291 g/mol. The number of nitrogens with zero attached hydrogens (tertiary/aromatic N) is 3. The lowest BCUT2D eigenvalue weighted by Gasteiger charge is -2.22. The Bertz CT molecular complexity index is 719. The molecule has 1 aromatic carbocycles. The molecule has 0 unspecified atom stereocenters. The Morgan fingerprint density at radius 1 is 0.818 bits per heavy atom. The Kier molecular flexibility index (Phi) is 3.78. The summed E-state index contributed by atoms with van der Waals surface area (Å²) < 4.78 is 0. The van der Waals surface area contributed by atoms with Crippen LogP contribution in [0.5, 0.6) is 0 Å². The van der Waals surface area contributed by atoms with E-state index in [1.165, 1.54) is 0 Å². The van der Waals surface area contributed by atoms with Gasteiger partial charge in [0, 0.05) is 18.1 Å². The maximum absolute atomic E-state index is 11.0. The molecule has 5 heteroatoms. The highest BCUT2D eigenvalue weighted by Crippen LogP contribution is 2.31. The molecule has 108 valence electrons. The molecule has 0 aliphatic carbocycles. The van der Waals surface area contributed by atoms with Gasteiger partial charge >= 0.3 is 5.97 Å². The zero-order valence-electron chi connectivity index (χ0n) is 11.6. The van der Waals surface area contributed by atoms with E-state index in [2.05, 4.69) is 9.97 Å². The number of aromatic nitrogens is 2. The topological polar surface area (TPSA) is 66.3 Å². The van der Waals surface area contributed by atoms with Crippen molar-refractivity contribution in [1.29, 1.82) is 0 Å². The van der Waals surface area contributed by atoms with Gasteiger partial charge in [0.1, 0.15) is 11.6 Å². The number of benzene rings is 1. The molecule has 5 nitrogen and oxygen atoms in total. The molecule has 0 atom stereocenters. The SMILES string of the molecule is O=C(O)c1ccc(N(c2ccccn2)c2ccccn2)cc1. The van der Waals surface area contributed by atoms with Crippen molar-refractivity contribution in [2.75, 3.05) is 4.90 Å². The molecular weight excluding hydrogens is 278 g/mol. The average molecular weight is 291 g/mol. The first kappa shape index (κ1) is 13.8. The van der Waals surface area contributed by atoms with Gasteiger partial charge in [0.2, 0.25) is 0 Å². The van der Waals surface area contributed by atoms with Gasteiger partial charge in [0.05, 0.1) is 5.56 Å². The Morgan fingerprint density at radius 2 is 1.36 bits per heavy atom. The molecule has 0 spiro atoms. The normalized spacial score (nSPS) is 10.2. The van der Waals surface area contributed by atoms with Crippen LogP contribution in [0.1, 0.15) is 10.4 Å². The van der Waals surface area contributed by atoms with E-state index in [1.54, 1.807) is 36.7 Å². The standard InChI is InChI=1S/C17H13N3O2/c21-17(22)13-7-9-14(10-8-13)20(15-5-1-3-11-18-15)16-6-2-4-12-19-16/h1-12H,(H,21,22). The summed E-state index contributed by atoms with van der Waals surface area (Å²) in [5.74, 6) is 0.474. The molecule has 3 aromatic rings. The number of hydrogen-bond acceptors (Lipinski definition) is 4. The van der Waals surface area contributed by atoms with Gasteiger partial charge in [0.15, 0.2) is 0 Å². The molecule has 0 aliphatic heterocycles. The third-order valence-corrected chi connectivity index (χ3v) is 3.13. The second-order valence-corrected chi connectivity index (χ2v) is 4.56. The van der Waals surface area contributed by atoms with Gasteiger partial charge < -0.3 is 5.11 Å². The summed E-state index contributed by atoms with van der Waals surface area (Å²) in [6.45, 7) is 0. The van der Waals surface area contributed by atoms with Crippen LogP contribution in [0, 0.1) is 0 Å². The molecular formula is C17H13N3O2. The average Bonchev–Trinajstić information content (AvgIpc) is 2.57. The summed E-state index contributed by atoms with van der Waals surface area (Å²) in [4.78, 5) is 21.6. The quantitative estimate of drug-likeness (QED) is 0.794. The smallest absolute Gasteiger partial charge is 0.335 e. The molecule has 1 N–H and O–H groups in total. The van der Waals surface area contributed by atoms with E-state index in [1.807, 2.05) is 41.3 Å². The molecule has 0 amide bonds. The van der Waals surface area contributed by atoms with Gasteiger partial charge in [-0.2, -0.15) is 0 Å². The molecule has 3 rings (SSSR count). The van der Waals surface area contributed by atoms with Crippen LogP contribution in [-0.2, 0) is 0 Å². The predicted molar refractivity (Wildman–Crippen MR) is 83.7 cm³/mol. The lowest BCUT2D eigenvalue weighted by atomic mass is 10.2. The van der Waals surface area contributed by atoms with Crippen LogP contribution in [0.2, 0.25) is 0 Å². The van der Waals surface area contributed by atoms with Crippen LogP contribution in [-0.4, -0.2) is 21.0 Å². The second kappa shape index (κ2) is 6.05. The Morgan fingerprint density at radius 3 is 1.77 bits per heavy atom. The molecule has 0 saturated carbocycles. The Hall–Kier alpha value is -3.21. The second-order valence-electron chi connectivity index (χ2n) is 4.56. The molecule has 0 radical (unpaired) electrons. The molecule has 0 bridgehead atoms.